The van der Waals surface area contributed by atoms with Crippen LogP contribution in [0.15, 0.2) is 6.33 Å². The fourth-order valence-electron chi connectivity index (χ4n) is 3.35. The zero-order chi connectivity index (χ0) is 16.4. The van der Waals surface area contributed by atoms with Crippen molar-refractivity contribution in [2.24, 2.45) is 0 Å². The minimum absolute atomic E-state index is 0.160. The van der Waals surface area contributed by atoms with E-state index >= 15 is 0 Å². The van der Waals surface area contributed by atoms with Gasteiger partial charge in [0.1, 0.15) is 30.5 Å². The third-order valence-electron chi connectivity index (χ3n) is 4.24. The molecule has 2 aromatic rings. The molecule has 0 spiro atoms. The van der Waals surface area contributed by atoms with Crippen LogP contribution in [0.2, 0.25) is 0 Å². The van der Waals surface area contributed by atoms with Gasteiger partial charge in [-0.15, -0.1) is 0 Å². The van der Waals surface area contributed by atoms with E-state index in [4.69, 9.17) is 19.9 Å². The van der Waals surface area contributed by atoms with Gasteiger partial charge in [-0.25, -0.2) is 14.6 Å². The van der Waals surface area contributed by atoms with E-state index in [0.29, 0.717) is 22.5 Å². The van der Waals surface area contributed by atoms with Gasteiger partial charge >= 0.3 is 0 Å². The highest BCUT2D eigenvalue weighted by molar-refractivity contribution is 5.87. The van der Waals surface area contributed by atoms with Crippen LogP contribution in [0.3, 0.4) is 0 Å². The van der Waals surface area contributed by atoms with Gasteiger partial charge in [-0.1, -0.05) is 0 Å². The lowest BCUT2D eigenvalue weighted by Gasteiger charge is -2.23. The standard InChI is InChI=1S/C14H19N5O4/c1-6-8-11(15)16-5-17-12(8)19(18-6)13-10-9(7(4-20)21-13)22-14(2,3)23-10/h5,7,9-10,13,20H,4H2,1-3H3,(H2,15,16,17)/t7-,9-,10-,13-/m1/s1. The normalized spacial score (nSPS) is 32.5. The van der Waals surface area contributed by atoms with E-state index < -0.39 is 18.1 Å². The number of anilines is 1. The molecule has 124 valence electrons. The van der Waals surface area contributed by atoms with Crippen LogP contribution in [0.25, 0.3) is 11.0 Å². The molecular formula is C14H19N5O4. The van der Waals surface area contributed by atoms with Crippen LogP contribution in [0.1, 0.15) is 25.8 Å². The fourth-order valence-corrected chi connectivity index (χ4v) is 3.35. The lowest BCUT2D eigenvalue weighted by Crippen LogP contribution is -2.31. The monoisotopic (exact) mass is 321 g/mol. The summed E-state index contributed by atoms with van der Waals surface area (Å²) < 4.78 is 19.4. The number of rotatable bonds is 2. The predicted molar refractivity (Wildman–Crippen MR) is 79.3 cm³/mol. The summed E-state index contributed by atoms with van der Waals surface area (Å²) in [5.41, 5.74) is 7.22. The molecular weight excluding hydrogens is 302 g/mol. The average Bonchev–Trinajstić information content (AvgIpc) is 3.08. The first-order chi connectivity index (χ1) is 10.9. The van der Waals surface area contributed by atoms with Gasteiger partial charge in [-0.2, -0.15) is 5.10 Å². The summed E-state index contributed by atoms with van der Waals surface area (Å²) in [6, 6.07) is 0. The largest absolute Gasteiger partial charge is 0.394 e. The summed E-state index contributed by atoms with van der Waals surface area (Å²) in [5.74, 6) is -0.368. The van der Waals surface area contributed by atoms with Gasteiger partial charge in [0, 0.05) is 0 Å². The van der Waals surface area contributed by atoms with E-state index in [1.807, 2.05) is 20.8 Å². The topological polar surface area (TPSA) is 118 Å². The zero-order valence-electron chi connectivity index (χ0n) is 13.1. The lowest BCUT2D eigenvalue weighted by molar-refractivity contribution is -0.201. The van der Waals surface area contributed by atoms with Gasteiger partial charge in [0.2, 0.25) is 0 Å². The molecule has 4 rings (SSSR count). The highest BCUT2D eigenvalue weighted by Crippen LogP contribution is 2.43. The van der Waals surface area contributed by atoms with E-state index in [1.54, 1.807) is 4.68 Å². The molecule has 4 atom stereocenters. The molecule has 2 aromatic heterocycles. The van der Waals surface area contributed by atoms with Crippen LogP contribution < -0.4 is 5.73 Å². The molecule has 0 aliphatic carbocycles. The number of nitrogens with zero attached hydrogens (tertiary/aromatic N) is 4. The molecule has 0 radical (unpaired) electrons. The summed E-state index contributed by atoms with van der Waals surface area (Å²) in [6.45, 7) is 5.35. The Morgan fingerprint density at radius 1 is 1.30 bits per heavy atom. The van der Waals surface area contributed by atoms with Crippen molar-refractivity contribution in [2.75, 3.05) is 12.3 Å². The second-order valence-corrected chi connectivity index (χ2v) is 6.30. The Hall–Kier alpha value is -1.81. The maximum Gasteiger partial charge on any atom is 0.181 e. The van der Waals surface area contributed by atoms with Crippen LogP contribution in [0, 0.1) is 6.92 Å². The van der Waals surface area contributed by atoms with Crippen LogP contribution in [-0.2, 0) is 14.2 Å². The highest BCUT2D eigenvalue weighted by atomic mass is 16.8. The summed E-state index contributed by atoms with van der Waals surface area (Å²) in [4.78, 5) is 8.28. The Morgan fingerprint density at radius 2 is 2.04 bits per heavy atom. The van der Waals surface area contributed by atoms with Crippen molar-refractivity contribution in [3.63, 3.8) is 0 Å². The van der Waals surface area contributed by atoms with E-state index in [0.717, 1.165) is 0 Å². The van der Waals surface area contributed by atoms with Crippen molar-refractivity contribution in [3.8, 4) is 0 Å². The number of fused-ring (bicyclic) bond motifs is 2. The summed E-state index contributed by atoms with van der Waals surface area (Å²) in [6.07, 6.45) is -0.393. The maximum absolute atomic E-state index is 9.57. The Bertz CT molecular complexity index is 761. The summed E-state index contributed by atoms with van der Waals surface area (Å²) >= 11 is 0. The predicted octanol–water partition coefficient (Wildman–Crippen LogP) is 0.127. The molecule has 0 unspecified atom stereocenters. The molecule has 23 heavy (non-hydrogen) atoms. The number of aryl methyl sites for hydroxylation is 1. The van der Waals surface area contributed by atoms with Crippen molar-refractivity contribution < 1.29 is 19.3 Å². The number of hydrogen-bond acceptors (Lipinski definition) is 8. The molecule has 2 aliphatic rings. The van der Waals surface area contributed by atoms with Crippen LogP contribution in [0.4, 0.5) is 5.82 Å². The molecule has 0 saturated carbocycles. The molecule has 2 aliphatic heterocycles. The maximum atomic E-state index is 9.57. The van der Waals surface area contributed by atoms with E-state index in [9.17, 15) is 5.11 Å². The first-order valence-corrected chi connectivity index (χ1v) is 7.48. The number of nitrogens with two attached hydrogens (primary N) is 1. The molecule has 0 bridgehead atoms. The van der Waals surface area contributed by atoms with E-state index in [2.05, 4.69) is 15.1 Å². The number of aliphatic hydroxyl groups is 1. The van der Waals surface area contributed by atoms with Gasteiger partial charge < -0.3 is 25.1 Å². The lowest BCUT2D eigenvalue weighted by atomic mass is 10.1. The smallest absolute Gasteiger partial charge is 0.181 e. The Labute approximate surface area is 132 Å². The van der Waals surface area contributed by atoms with Gasteiger partial charge in [-0.3, -0.25) is 0 Å². The number of ether oxygens (including phenoxy) is 3. The van der Waals surface area contributed by atoms with Crippen molar-refractivity contribution in [1.82, 2.24) is 19.7 Å². The Balaban J connectivity index is 1.81. The van der Waals surface area contributed by atoms with Crippen molar-refractivity contribution in [3.05, 3.63) is 12.0 Å². The minimum atomic E-state index is -0.739. The van der Waals surface area contributed by atoms with Crippen LogP contribution in [-0.4, -0.2) is 55.6 Å². The molecule has 0 amide bonds. The van der Waals surface area contributed by atoms with Crippen molar-refractivity contribution in [2.45, 2.75) is 51.1 Å². The van der Waals surface area contributed by atoms with Crippen LogP contribution >= 0.6 is 0 Å². The molecule has 3 N–H and O–H groups in total. The van der Waals surface area contributed by atoms with E-state index in [1.165, 1.54) is 6.33 Å². The Morgan fingerprint density at radius 3 is 2.78 bits per heavy atom. The number of aromatic nitrogens is 4. The Kier molecular flexibility index (Phi) is 3.11. The average molecular weight is 321 g/mol. The molecule has 9 nitrogen and oxygen atoms in total. The van der Waals surface area contributed by atoms with Gasteiger partial charge in [0.15, 0.2) is 17.7 Å². The second kappa shape index (κ2) is 4.84. The first-order valence-electron chi connectivity index (χ1n) is 7.48. The van der Waals surface area contributed by atoms with Crippen LogP contribution in [0.5, 0.6) is 0 Å². The number of hydrogen-bond donors (Lipinski definition) is 2. The third-order valence-corrected chi connectivity index (χ3v) is 4.24. The molecule has 0 aromatic carbocycles. The fraction of sp³-hybridized carbons (Fsp3) is 0.643. The molecule has 2 fully saturated rings. The number of aliphatic hydroxyl groups excluding tert-OH is 1. The molecule has 4 heterocycles. The van der Waals surface area contributed by atoms with E-state index in [-0.39, 0.29) is 18.8 Å². The minimum Gasteiger partial charge on any atom is -0.394 e. The zero-order valence-corrected chi connectivity index (χ0v) is 13.1. The van der Waals surface area contributed by atoms with Gasteiger partial charge in [0.25, 0.3) is 0 Å². The van der Waals surface area contributed by atoms with Gasteiger partial charge in [0.05, 0.1) is 17.7 Å². The summed E-state index contributed by atoms with van der Waals surface area (Å²) in [7, 11) is 0. The van der Waals surface area contributed by atoms with Crippen molar-refractivity contribution in [1.29, 1.82) is 0 Å². The molecule has 2 saturated heterocycles. The molecule has 9 heteroatoms. The SMILES string of the molecule is Cc1nn([C@@H]2O[C@H](CO)[C@H]3OC(C)(C)O[C@H]32)c2ncnc(N)c12. The summed E-state index contributed by atoms with van der Waals surface area (Å²) in [5, 5.41) is 14.8. The first kappa shape index (κ1) is 14.8. The third kappa shape index (κ3) is 2.12. The second-order valence-electron chi connectivity index (χ2n) is 6.30. The highest BCUT2D eigenvalue weighted by Gasteiger charge is 2.56. The number of nitrogen functional groups attached to an aromatic ring is 1. The van der Waals surface area contributed by atoms with Crippen molar-refractivity contribution >= 4 is 16.9 Å². The van der Waals surface area contributed by atoms with Gasteiger partial charge in [-0.05, 0) is 20.8 Å². The quantitative estimate of drug-likeness (QED) is 0.801.